The Hall–Kier alpha value is -1.75. The third kappa shape index (κ3) is 6.48. The Morgan fingerprint density at radius 2 is 1.70 bits per heavy atom. The van der Waals surface area contributed by atoms with E-state index in [1.807, 2.05) is 48.5 Å². The van der Waals surface area contributed by atoms with Crippen molar-refractivity contribution in [2.45, 2.75) is 32.7 Å². The Bertz CT molecular complexity index is 640. The smallest absolute Gasteiger partial charge is 0.0608 e. The fourth-order valence-corrected chi connectivity index (χ4v) is 2.64. The van der Waals surface area contributed by atoms with E-state index in [1.165, 1.54) is 24.8 Å². The second-order valence-corrected chi connectivity index (χ2v) is 6.08. The minimum Gasteiger partial charge on any atom is -0.288 e. The summed E-state index contributed by atoms with van der Waals surface area (Å²) in [7, 11) is 0. The van der Waals surface area contributed by atoms with Crippen LogP contribution in [0.5, 0.6) is 0 Å². The van der Waals surface area contributed by atoms with E-state index in [0.717, 1.165) is 30.2 Å². The van der Waals surface area contributed by atoms with Crippen molar-refractivity contribution in [3.05, 3.63) is 70.7 Å². The van der Waals surface area contributed by atoms with Gasteiger partial charge >= 0.3 is 0 Å². The summed E-state index contributed by atoms with van der Waals surface area (Å²) >= 11 is 6.30. The molecule has 0 spiro atoms. The Labute approximate surface area is 145 Å². The molecule has 0 saturated carbocycles. The first-order valence-electron chi connectivity index (χ1n) is 8.29. The third-order valence-electron chi connectivity index (χ3n) is 3.74. The van der Waals surface area contributed by atoms with Gasteiger partial charge in [-0.05, 0) is 36.7 Å². The summed E-state index contributed by atoms with van der Waals surface area (Å²) in [6, 6.07) is 18.2. The van der Waals surface area contributed by atoms with Crippen LogP contribution in [0.4, 0.5) is 0 Å². The van der Waals surface area contributed by atoms with Crippen molar-refractivity contribution in [2.24, 2.45) is 0 Å². The van der Waals surface area contributed by atoms with Crippen molar-refractivity contribution >= 4 is 11.6 Å². The highest BCUT2D eigenvalue weighted by atomic mass is 35.5. The van der Waals surface area contributed by atoms with Crippen molar-refractivity contribution < 1.29 is 0 Å². The fourth-order valence-electron chi connectivity index (χ4n) is 2.44. The van der Waals surface area contributed by atoms with E-state index in [-0.39, 0.29) is 0 Å². The molecule has 2 aromatic carbocycles. The van der Waals surface area contributed by atoms with Crippen molar-refractivity contribution in [3.63, 3.8) is 0 Å². The van der Waals surface area contributed by atoms with E-state index in [0.29, 0.717) is 0 Å². The van der Waals surface area contributed by atoms with E-state index in [1.54, 1.807) is 0 Å². The molecule has 2 heteroatoms. The van der Waals surface area contributed by atoms with E-state index < -0.39 is 0 Å². The quantitative estimate of drug-likeness (QED) is 0.487. The standard InChI is InChI=1S/C21H24ClN/c1-2-3-9-16-23(18-20-14-7-8-15-21(20)22)17-10-13-19-11-5-4-6-12-19/h4-8,11-12,14-15H,2-3,9,16-18H2,1H3. The van der Waals surface area contributed by atoms with Gasteiger partial charge in [0.05, 0.1) is 6.54 Å². The zero-order chi connectivity index (χ0) is 16.3. The van der Waals surface area contributed by atoms with Crippen LogP contribution in [0.25, 0.3) is 0 Å². The van der Waals surface area contributed by atoms with Gasteiger partial charge in [-0.15, -0.1) is 0 Å². The average Bonchev–Trinajstić information content (AvgIpc) is 2.58. The van der Waals surface area contributed by atoms with Crippen LogP contribution in [0.15, 0.2) is 54.6 Å². The topological polar surface area (TPSA) is 3.24 Å². The van der Waals surface area contributed by atoms with Crippen LogP contribution in [-0.2, 0) is 6.54 Å². The Balaban J connectivity index is 1.99. The first-order chi connectivity index (χ1) is 11.3. The van der Waals surface area contributed by atoms with Crippen LogP contribution in [0.3, 0.4) is 0 Å². The molecule has 0 radical (unpaired) electrons. The number of benzene rings is 2. The summed E-state index contributed by atoms with van der Waals surface area (Å²) in [6.07, 6.45) is 3.69. The van der Waals surface area contributed by atoms with Crippen LogP contribution in [0.2, 0.25) is 5.02 Å². The first kappa shape index (κ1) is 17.6. The lowest BCUT2D eigenvalue weighted by Crippen LogP contribution is -2.25. The van der Waals surface area contributed by atoms with Crippen molar-refractivity contribution in [3.8, 4) is 11.8 Å². The van der Waals surface area contributed by atoms with Crippen LogP contribution in [0.1, 0.15) is 37.3 Å². The van der Waals surface area contributed by atoms with Gasteiger partial charge in [-0.2, -0.15) is 0 Å². The van der Waals surface area contributed by atoms with E-state index in [9.17, 15) is 0 Å². The van der Waals surface area contributed by atoms with Crippen molar-refractivity contribution in [1.82, 2.24) is 4.90 Å². The molecule has 2 rings (SSSR count). The van der Waals surface area contributed by atoms with Crippen LogP contribution < -0.4 is 0 Å². The van der Waals surface area contributed by atoms with Gasteiger partial charge in [-0.25, -0.2) is 0 Å². The first-order valence-corrected chi connectivity index (χ1v) is 8.67. The van der Waals surface area contributed by atoms with Gasteiger partial charge in [0.25, 0.3) is 0 Å². The number of hydrogen-bond acceptors (Lipinski definition) is 1. The molecular formula is C21H24ClN. The number of halogens is 1. The van der Waals surface area contributed by atoms with E-state index >= 15 is 0 Å². The number of nitrogens with zero attached hydrogens (tertiary/aromatic N) is 1. The molecule has 1 nitrogen and oxygen atoms in total. The SMILES string of the molecule is CCCCCN(CC#Cc1ccccc1)Cc1ccccc1Cl. The minimum atomic E-state index is 0.768. The van der Waals surface area contributed by atoms with Crippen LogP contribution in [0, 0.1) is 11.8 Å². The molecular weight excluding hydrogens is 302 g/mol. The van der Waals surface area contributed by atoms with E-state index in [2.05, 4.69) is 29.7 Å². The molecule has 0 aliphatic rings. The third-order valence-corrected chi connectivity index (χ3v) is 4.11. The zero-order valence-corrected chi connectivity index (χ0v) is 14.5. The molecule has 2 aromatic rings. The highest BCUT2D eigenvalue weighted by molar-refractivity contribution is 6.31. The van der Waals surface area contributed by atoms with Gasteiger partial charge in [0.2, 0.25) is 0 Å². The Kier molecular flexibility index (Phi) is 7.73. The molecule has 0 fully saturated rings. The summed E-state index contributed by atoms with van der Waals surface area (Å²) in [5, 5.41) is 0.837. The van der Waals surface area contributed by atoms with Crippen molar-refractivity contribution in [2.75, 3.05) is 13.1 Å². The summed E-state index contributed by atoms with van der Waals surface area (Å²) in [5.74, 6) is 6.54. The van der Waals surface area contributed by atoms with Gasteiger partial charge in [0.15, 0.2) is 0 Å². The molecule has 0 aliphatic heterocycles. The summed E-state index contributed by atoms with van der Waals surface area (Å²) < 4.78 is 0. The van der Waals surface area contributed by atoms with Gasteiger partial charge in [-0.1, -0.05) is 79.6 Å². The summed E-state index contributed by atoms with van der Waals surface area (Å²) in [6.45, 7) is 4.91. The largest absolute Gasteiger partial charge is 0.288 e. The lowest BCUT2D eigenvalue weighted by atomic mass is 10.2. The molecule has 0 saturated heterocycles. The van der Waals surface area contributed by atoms with Crippen LogP contribution >= 0.6 is 11.6 Å². The van der Waals surface area contributed by atoms with Crippen LogP contribution in [-0.4, -0.2) is 18.0 Å². The molecule has 0 aromatic heterocycles. The maximum absolute atomic E-state index is 6.30. The van der Waals surface area contributed by atoms with Gasteiger partial charge in [-0.3, -0.25) is 4.90 Å². The molecule has 23 heavy (non-hydrogen) atoms. The zero-order valence-electron chi connectivity index (χ0n) is 13.8. The average molecular weight is 326 g/mol. The maximum atomic E-state index is 6.30. The molecule has 120 valence electrons. The lowest BCUT2D eigenvalue weighted by Gasteiger charge is -2.20. The highest BCUT2D eigenvalue weighted by Gasteiger charge is 2.07. The van der Waals surface area contributed by atoms with Crippen molar-refractivity contribution in [1.29, 1.82) is 0 Å². The second-order valence-electron chi connectivity index (χ2n) is 5.68. The number of rotatable bonds is 7. The molecule has 0 unspecified atom stereocenters. The normalized spacial score (nSPS) is 10.4. The van der Waals surface area contributed by atoms with Gasteiger partial charge in [0.1, 0.15) is 0 Å². The fraction of sp³-hybridized carbons (Fsp3) is 0.333. The lowest BCUT2D eigenvalue weighted by molar-refractivity contribution is 0.291. The number of hydrogen-bond donors (Lipinski definition) is 0. The monoisotopic (exact) mass is 325 g/mol. The summed E-state index contributed by atoms with van der Waals surface area (Å²) in [5.41, 5.74) is 2.24. The Morgan fingerprint density at radius 1 is 0.957 bits per heavy atom. The highest BCUT2D eigenvalue weighted by Crippen LogP contribution is 2.17. The second kappa shape index (κ2) is 10.1. The maximum Gasteiger partial charge on any atom is 0.0608 e. The van der Waals surface area contributed by atoms with E-state index in [4.69, 9.17) is 11.6 Å². The molecule has 0 aliphatic carbocycles. The minimum absolute atomic E-state index is 0.768. The molecule has 0 atom stereocenters. The molecule has 0 heterocycles. The summed E-state index contributed by atoms with van der Waals surface area (Å²) in [4.78, 5) is 2.38. The predicted octanol–water partition coefficient (Wildman–Crippen LogP) is 5.38. The van der Waals surface area contributed by atoms with Gasteiger partial charge < -0.3 is 0 Å². The molecule has 0 amide bonds. The number of unbranched alkanes of at least 4 members (excludes halogenated alkanes) is 2. The Morgan fingerprint density at radius 3 is 2.43 bits per heavy atom. The molecule has 0 N–H and O–H groups in total. The van der Waals surface area contributed by atoms with Gasteiger partial charge in [0, 0.05) is 17.1 Å². The predicted molar refractivity (Wildman–Crippen MR) is 99.6 cm³/mol. The molecule has 0 bridgehead atoms.